The highest BCUT2D eigenvalue weighted by atomic mass is 15.0. The normalized spacial score (nSPS) is 18.1. The largest absolute Gasteiger partial charge is 0.344 e. The van der Waals surface area contributed by atoms with Crippen molar-refractivity contribution in [3.8, 4) is 23.6 Å². The van der Waals surface area contributed by atoms with Gasteiger partial charge in [-0.3, -0.25) is 0 Å². The number of aromatic nitrogens is 2. The van der Waals surface area contributed by atoms with Crippen molar-refractivity contribution >= 4 is 0 Å². The first kappa shape index (κ1) is 13.0. The first-order valence-electron chi connectivity index (χ1n) is 7.21. The van der Waals surface area contributed by atoms with E-state index in [-0.39, 0.29) is 0 Å². The molecule has 0 aliphatic carbocycles. The Labute approximate surface area is 119 Å². The van der Waals surface area contributed by atoms with Crippen molar-refractivity contribution in [2.75, 3.05) is 6.54 Å². The summed E-state index contributed by atoms with van der Waals surface area (Å²) in [5.41, 5.74) is 4.28. The van der Waals surface area contributed by atoms with E-state index in [0.717, 1.165) is 42.0 Å². The van der Waals surface area contributed by atoms with Crippen molar-refractivity contribution in [3.63, 3.8) is 0 Å². The second kappa shape index (κ2) is 5.52. The Morgan fingerprint density at radius 3 is 2.75 bits per heavy atom. The Bertz CT molecular complexity index is 625. The van der Waals surface area contributed by atoms with Gasteiger partial charge in [0.15, 0.2) is 0 Å². The maximum Gasteiger partial charge on any atom is 0.124 e. The molecule has 0 saturated carbocycles. The van der Waals surface area contributed by atoms with Crippen LogP contribution in [0.5, 0.6) is 0 Å². The molecule has 0 spiro atoms. The fourth-order valence-corrected chi connectivity index (χ4v) is 2.73. The van der Waals surface area contributed by atoms with E-state index in [1.807, 2.05) is 12.1 Å². The summed E-state index contributed by atoms with van der Waals surface area (Å²) >= 11 is 0. The summed E-state index contributed by atoms with van der Waals surface area (Å²) in [4.78, 5) is 8.31. The van der Waals surface area contributed by atoms with Gasteiger partial charge in [0.1, 0.15) is 5.82 Å². The van der Waals surface area contributed by atoms with Crippen LogP contribution in [0, 0.1) is 12.3 Å². The van der Waals surface area contributed by atoms with E-state index in [9.17, 15) is 0 Å². The summed E-state index contributed by atoms with van der Waals surface area (Å²) in [6.45, 7) is 3.23. The lowest BCUT2D eigenvalue weighted by atomic mass is 10.1. The third-order valence-corrected chi connectivity index (χ3v) is 3.87. The van der Waals surface area contributed by atoms with E-state index in [1.165, 1.54) is 12.1 Å². The number of H-pyrrole nitrogens is 1. The lowest BCUT2D eigenvalue weighted by Crippen LogP contribution is -2.14. The molecule has 1 aliphatic heterocycles. The highest BCUT2D eigenvalue weighted by molar-refractivity contribution is 5.63. The summed E-state index contributed by atoms with van der Waals surface area (Å²) < 4.78 is 0. The quantitative estimate of drug-likeness (QED) is 0.837. The van der Waals surface area contributed by atoms with Crippen molar-refractivity contribution in [2.45, 2.75) is 32.2 Å². The molecule has 102 valence electrons. The first-order chi connectivity index (χ1) is 9.81. The Kier molecular flexibility index (Phi) is 3.58. The topological polar surface area (TPSA) is 40.7 Å². The summed E-state index contributed by atoms with van der Waals surface area (Å²) in [6.07, 6.45) is 8.73. The van der Waals surface area contributed by atoms with Crippen molar-refractivity contribution in [1.82, 2.24) is 15.3 Å². The number of terminal acetylenes is 1. The minimum Gasteiger partial charge on any atom is -0.344 e. The molecule has 1 unspecified atom stereocenters. The standard InChI is InChI=1S/C17H19N3/c1-3-12-7-9-13(10-8-12)16-14(4-2)19-17(20-16)15-6-5-11-18-15/h1,7-10,15,18H,4-6,11H2,2H3,(H,19,20). The zero-order valence-electron chi connectivity index (χ0n) is 11.7. The Hall–Kier alpha value is -2.05. The van der Waals surface area contributed by atoms with Crippen LogP contribution < -0.4 is 5.32 Å². The van der Waals surface area contributed by atoms with Crippen LogP contribution in [0.2, 0.25) is 0 Å². The van der Waals surface area contributed by atoms with E-state index in [1.54, 1.807) is 0 Å². The van der Waals surface area contributed by atoms with Gasteiger partial charge in [0, 0.05) is 16.8 Å². The van der Waals surface area contributed by atoms with Crippen LogP contribution in [0.4, 0.5) is 0 Å². The summed E-state index contributed by atoms with van der Waals surface area (Å²) in [5.74, 6) is 3.71. The Morgan fingerprint density at radius 1 is 1.35 bits per heavy atom. The van der Waals surface area contributed by atoms with E-state index in [4.69, 9.17) is 11.4 Å². The number of hydrogen-bond donors (Lipinski definition) is 2. The maximum absolute atomic E-state index is 5.40. The summed E-state index contributed by atoms with van der Waals surface area (Å²) in [7, 11) is 0. The third-order valence-electron chi connectivity index (χ3n) is 3.87. The van der Waals surface area contributed by atoms with Crippen molar-refractivity contribution in [3.05, 3.63) is 41.3 Å². The van der Waals surface area contributed by atoms with Crippen LogP contribution >= 0.6 is 0 Å². The van der Waals surface area contributed by atoms with E-state index < -0.39 is 0 Å². The molecular weight excluding hydrogens is 246 g/mol. The van der Waals surface area contributed by atoms with Crippen molar-refractivity contribution in [2.24, 2.45) is 0 Å². The molecule has 1 atom stereocenters. The monoisotopic (exact) mass is 265 g/mol. The molecule has 0 bridgehead atoms. The Balaban J connectivity index is 1.96. The maximum atomic E-state index is 5.40. The molecule has 1 aromatic carbocycles. The predicted molar refractivity (Wildman–Crippen MR) is 81.3 cm³/mol. The van der Waals surface area contributed by atoms with Crippen LogP contribution in [-0.4, -0.2) is 16.5 Å². The molecule has 0 amide bonds. The van der Waals surface area contributed by atoms with Gasteiger partial charge in [-0.1, -0.05) is 25.0 Å². The van der Waals surface area contributed by atoms with Crippen LogP contribution in [0.1, 0.15) is 42.9 Å². The molecule has 1 saturated heterocycles. The van der Waals surface area contributed by atoms with E-state index in [2.05, 4.69) is 35.3 Å². The number of nitrogens with zero attached hydrogens (tertiary/aromatic N) is 1. The molecule has 0 radical (unpaired) electrons. The smallest absolute Gasteiger partial charge is 0.124 e. The lowest BCUT2D eigenvalue weighted by molar-refractivity contribution is 0.611. The average Bonchev–Trinajstić information content (AvgIpc) is 3.16. The van der Waals surface area contributed by atoms with Crippen LogP contribution in [-0.2, 0) is 6.42 Å². The second-order valence-electron chi connectivity index (χ2n) is 5.17. The molecule has 1 aliphatic rings. The molecule has 2 N–H and O–H groups in total. The first-order valence-corrected chi connectivity index (χ1v) is 7.21. The zero-order chi connectivity index (χ0) is 13.9. The molecule has 2 aromatic rings. The molecule has 3 heteroatoms. The number of aromatic amines is 1. The Morgan fingerprint density at radius 2 is 2.15 bits per heavy atom. The third kappa shape index (κ3) is 2.35. The lowest BCUT2D eigenvalue weighted by Gasteiger charge is -2.04. The summed E-state index contributed by atoms with van der Waals surface area (Å²) in [5, 5.41) is 3.49. The van der Waals surface area contributed by atoms with Gasteiger partial charge in [0.05, 0.1) is 11.7 Å². The number of aryl methyl sites for hydroxylation is 1. The van der Waals surface area contributed by atoms with Crippen molar-refractivity contribution in [1.29, 1.82) is 0 Å². The van der Waals surface area contributed by atoms with Gasteiger partial charge in [-0.05, 0) is 37.9 Å². The predicted octanol–water partition coefficient (Wildman–Crippen LogP) is 3.04. The minimum atomic E-state index is 0.374. The number of nitrogens with one attached hydrogen (secondary N) is 2. The van der Waals surface area contributed by atoms with Crippen molar-refractivity contribution < 1.29 is 0 Å². The molecule has 1 fully saturated rings. The van der Waals surface area contributed by atoms with Crippen LogP contribution in [0.25, 0.3) is 11.3 Å². The molecule has 20 heavy (non-hydrogen) atoms. The average molecular weight is 265 g/mol. The van der Waals surface area contributed by atoms with Gasteiger partial charge >= 0.3 is 0 Å². The van der Waals surface area contributed by atoms with Gasteiger partial charge in [-0.2, -0.15) is 0 Å². The molecule has 2 heterocycles. The fourth-order valence-electron chi connectivity index (χ4n) is 2.73. The molecule has 3 nitrogen and oxygen atoms in total. The van der Waals surface area contributed by atoms with E-state index in [0.29, 0.717) is 6.04 Å². The highest BCUT2D eigenvalue weighted by Crippen LogP contribution is 2.27. The number of hydrogen-bond acceptors (Lipinski definition) is 2. The second-order valence-corrected chi connectivity index (χ2v) is 5.17. The van der Waals surface area contributed by atoms with E-state index >= 15 is 0 Å². The zero-order valence-corrected chi connectivity index (χ0v) is 11.7. The van der Waals surface area contributed by atoms with Crippen LogP contribution in [0.3, 0.4) is 0 Å². The number of benzene rings is 1. The van der Waals surface area contributed by atoms with Gasteiger partial charge in [-0.25, -0.2) is 4.98 Å². The SMILES string of the molecule is C#Cc1ccc(-c2nc(C3CCCN3)[nH]c2CC)cc1. The van der Waals surface area contributed by atoms with Gasteiger partial charge in [0.25, 0.3) is 0 Å². The minimum absolute atomic E-state index is 0.374. The number of rotatable bonds is 3. The van der Waals surface area contributed by atoms with Gasteiger partial charge < -0.3 is 10.3 Å². The van der Waals surface area contributed by atoms with Crippen LogP contribution in [0.15, 0.2) is 24.3 Å². The highest BCUT2D eigenvalue weighted by Gasteiger charge is 2.21. The molecule has 1 aromatic heterocycles. The molecule has 3 rings (SSSR count). The molecular formula is C17H19N3. The van der Waals surface area contributed by atoms with Gasteiger partial charge in [-0.15, -0.1) is 6.42 Å². The number of imidazole rings is 1. The summed E-state index contributed by atoms with van der Waals surface area (Å²) in [6, 6.07) is 8.42. The fraction of sp³-hybridized carbons (Fsp3) is 0.353. The van der Waals surface area contributed by atoms with Gasteiger partial charge in [0.2, 0.25) is 0 Å².